The highest BCUT2D eigenvalue weighted by atomic mass is 19.1. The number of hydrogen-bond donors (Lipinski definition) is 2. The second-order valence-electron chi connectivity index (χ2n) is 5.72. The minimum atomic E-state index is -1.07. The first kappa shape index (κ1) is 16.9. The van der Waals surface area contributed by atoms with E-state index in [0.29, 0.717) is 18.5 Å². The molecule has 2 amide bonds. The van der Waals surface area contributed by atoms with Crippen LogP contribution in [-0.2, 0) is 14.4 Å². The average molecular weight is 322 g/mol. The van der Waals surface area contributed by atoms with Gasteiger partial charge < -0.3 is 15.3 Å². The molecule has 0 radical (unpaired) electrons. The molecular formula is C16H19FN2O4. The van der Waals surface area contributed by atoms with Crippen LogP contribution in [-0.4, -0.2) is 41.4 Å². The summed E-state index contributed by atoms with van der Waals surface area (Å²) in [4.78, 5) is 36.6. The fourth-order valence-electron chi connectivity index (χ4n) is 2.58. The number of amides is 2. The van der Waals surface area contributed by atoms with E-state index < -0.39 is 23.7 Å². The standard InChI is InChI=1S/C16H19FN2O4/c1-19-7-6-11(8-14(19)20)16(23)18-13(9-15(21)22)10-2-4-12(17)5-3-10/h2-5,11,13H,6-9H2,1H3,(H,18,23)(H,21,22). The van der Waals surface area contributed by atoms with Crippen molar-refractivity contribution in [3.8, 4) is 0 Å². The molecule has 0 bridgehead atoms. The fourth-order valence-corrected chi connectivity index (χ4v) is 2.58. The van der Waals surface area contributed by atoms with Crippen molar-refractivity contribution in [2.75, 3.05) is 13.6 Å². The van der Waals surface area contributed by atoms with Crippen LogP contribution in [0.3, 0.4) is 0 Å². The van der Waals surface area contributed by atoms with E-state index in [1.807, 2.05) is 0 Å². The second kappa shape index (κ2) is 7.21. The summed E-state index contributed by atoms with van der Waals surface area (Å²) in [6.07, 6.45) is 0.348. The molecule has 2 atom stereocenters. The molecule has 0 spiro atoms. The van der Waals surface area contributed by atoms with Crippen LogP contribution in [0.25, 0.3) is 0 Å². The lowest BCUT2D eigenvalue weighted by molar-refractivity contribution is -0.140. The Morgan fingerprint density at radius 2 is 2.04 bits per heavy atom. The highest BCUT2D eigenvalue weighted by Gasteiger charge is 2.30. The molecule has 124 valence electrons. The van der Waals surface area contributed by atoms with Crippen LogP contribution in [0.2, 0.25) is 0 Å². The number of nitrogens with one attached hydrogen (secondary N) is 1. The van der Waals surface area contributed by atoms with Gasteiger partial charge in [0.1, 0.15) is 5.82 Å². The van der Waals surface area contributed by atoms with Crippen molar-refractivity contribution in [1.82, 2.24) is 10.2 Å². The number of benzene rings is 1. The van der Waals surface area contributed by atoms with E-state index in [4.69, 9.17) is 5.11 Å². The maximum absolute atomic E-state index is 13.0. The zero-order chi connectivity index (χ0) is 17.0. The zero-order valence-electron chi connectivity index (χ0n) is 12.8. The van der Waals surface area contributed by atoms with Crippen molar-refractivity contribution < 1.29 is 23.9 Å². The molecule has 1 saturated heterocycles. The molecule has 1 aliphatic heterocycles. The third-order valence-corrected chi connectivity index (χ3v) is 4.00. The van der Waals surface area contributed by atoms with E-state index in [0.717, 1.165) is 0 Å². The van der Waals surface area contributed by atoms with Gasteiger partial charge in [0, 0.05) is 25.9 Å². The highest BCUT2D eigenvalue weighted by Crippen LogP contribution is 2.22. The molecule has 1 heterocycles. The lowest BCUT2D eigenvalue weighted by Crippen LogP contribution is -2.43. The summed E-state index contributed by atoms with van der Waals surface area (Å²) in [6.45, 7) is 0.497. The molecule has 7 heteroatoms. The van der Waals surface area contributed by atoms with Gasteiger partial charge in [-0.2, -0.15) is 0 Å². The molecule has 0 saturated carbocycles. The van der Waals surface area contributed by atoms with E-state index in [9.17, 15) is 18.8 Å². The third kappa shape index (κ3) is 4.51. The SMILES string of the molecule is CN1CCC(C(=O)NC(CC(=O)O)c2ccc(F)cc2)CC1=O. The van der Waals surface area contributed by atoms with Gasteiger partial charge in [-0.1, -0.05) is 12.1 Å². The number of hydrogen-bond acceptors (Lipinski definition) is 3. The predicted molar refractivity (Wildman–Crippen MR) is 79.9 cm³/mol. The highest BCUT2D eigenvalue weighted by molar-refractivity contribution is 5.87. The molecule has 0 aliphatic carbocycles. The van der Waals surface area contributed by atoms with E-state index in [2.05, 4.69) is 5.32 Å². The first-order chi connectivity index (χ1) is 10.9. The van der Waals surface area contributed by atoms with E-state index in [1.165, 1.54) is 24.3 Å². The number of carbonyl (C=O) groups excluding carboxylic acids is 2. The molecule has 2 N–H and O–H groups in total. The Kier molecular flexibility index (Phi) is 5.31. The van der Waals surface area contributed by atoms with Crippen molar-refractivity contribution in [3.05, 3.63) is 35.6 Å². The van der Waals surface area contributed by atoms with Crippen molar-refractivity contribution >= 4 is 17.8 Å². The Bertz CT molecular complexity index is 603. The minimum Gasteiger partial charge on any atom is -0.481 e. The number of halogens is 1. The van der Waals surface area contributed by atoms with E-state index in [1.54, 1.807) is 11.9 Å². The summed E-state index contributed by atoms with van der Waals surface area (Å²) in [5.74, 6) is -2.42. The Hall–Kier alpha value is -2.44. The molecule has 1 aliphatic rings. The molecule has 1 fully saturated rings. The van der Waals surface area contributed by atoms with Gasteiger partial charge in [0.05, 0.1) is 12.5 Å². The summed E-state index contributed by atoms with van der Waals surface area (Å²) < 4.78 is 13.0. The minimum absolute atomic E-state index is 0.104. The summed E-state index contributed by atoms with van der Waals surface area (Å²) >= 11 is 0. The summed E-state index contributed by atoms with van der Waals surface area (Å²) in [5, 5.41) is 11.7. The number of aliphatic carboxylic acids is 1. The molecule has 2 unspecified atom stereocenters. The normalized spacial score (nSPS) is 19.3. The summed E-state index contributed by atoms with van der Waals surface area (Å²) in [6, 6.07) is 4.58. The maximum Gasteiger partial charge on any atom is 0.305 e. The van der Waals surface area contributed by atoms with Gasteiger partial charge in [-0.25, -0.2) is 4.39 Å². The fraction of sp³-hybridized carbons (Fsp3) is 0.438. The Morgan fingerprint density at radius 3 is 2.61 bits per heavy atom. The third-order valence-electron chi connectivity index (χ3n) is 4.00. The van der Waals surface area contributed by atoms with Gasteiger partial charge in [-0.05, 0) is 24.1 Å². The number of carboxylic acid groups (broad SMARTS) is 1. The lowest BCUT2D eigenvalue weighted by atomic mass is 9.94. The number of carboxylic acids is 1. The number of likely N-dealkylation sites (tertiary alicyclic amines) is 1. The van der Waals surface area contributed by atoms with Gasteiger partial charge in [0.15, 0.2) is 0 Å². The quantitative estimate of drug-likeness (QED) is 0.856. The Labute approximate surface area is 133 Å². The Balaban J connectivity index is 2.08. The average Bonchev–Trinajstić information content (AvgIpc) is 2.49. The van der Waals surface area contributed by atoms with Crippen LogP contribution in [0.15, 0.2) is 24.3 Å². The van der Waals surface area contributed by atoms with Gasteiger partial charge in [-0.15, -0.1) is 0 Å². The number of rotatable bonds is 5. The van der Waals surface area contributed by atoms with Gasteiger partial charge >= 0.3 is 5.97 Å². The molecule has 1 aromatic rings. The van der Waals surface area contributed by atoms with Gasteiger partial charge in [0.25, 0.3) is 0 Å². The molecular weight excluding hydrogens is 303 g/mol. The van der Waals surface area contributed by atoms with Crippen LogP contribution in [0.4, 0.5) is 4.39 Å². The van der Waals surface area contributed by atoms with Crippen LogP contribution >= 0.6 is 0 Å². The molecule has 2 rings (SSSR count). The van der Waals surface area contributed by atoms with Gasteiger partial charge in [-0.3, -0.25) is 14.4 Å². The Morgan fingerprint density at radius 1 is 1.39 bits per heavy atom. The number of nitrogens with zero attached hydrogens (tertiary/aromatic N) is 1. The van der Waals surface area contributed by atoms with E-state index >= 15 is 0 Å². The van der Waals surface area contributed by atoms with Crippen molar-refractivity contribution in [1.29, 1.82) is 0 Å². The lowest BCUT2D eigenvalue weighted by Gasteiger charge is -2.29. The largest absolute Gasteiger partial charge is 0.481 e. The number of piperidine rings is 1. The summed E-state index contributed by atoms with van der Waals surface area (Å²) in [5.41, 5.74) is 0.515. The van der Waals surface area contributed by atoms with Crippen LogP contribution < -0.4 is 5.32 Å². The van der Waals surface area contributed by atoms with Crippen LogP contribution in [0.5, 0.6) is 0 Å². The first-order valence-electron chi connectivity index (χ1n) is 7.38. The monoisotopic (exact) mass is 322 g/mol. The molecule has 1 aromatic carbocycles. The van der Waals surface area contributed by atoms with E-state index in [-0.39, 0.29) is 24.7 Å². The second-order valence-corrected chi connectivity index (χ2v) is 5.72. The maximum atomic E-state index is 13.0. The topological polar surface area (TPSA) is 86.7 Å². The van der Waals surface area contributed by atoms with Crippen LogP contribution in [0, 0.1) is 11.7 Å². The van der Waals surface area contributed by atoms with Crippen molar-refractivity contribution in [3.63, 3.8) is 0 Å². The van der Waals surface area contributed by atoms with Gasteiger partial charge in [0.2, 0.25) is 11.8 Å². The molecule has 0 aromatic heterocycles. The molecule has 6 nitrogen and oxygen atoms in total. The smallest absolute Gasteiger partial charge is 0.305 e. The molecule has 23 heavy (non-hydrogen) atoms. The predicted octanol–water partition coefficient (Wildman–Crippen LogP) is 1.33. The zero-order valence-corrected chi connectivity index (χ0v) is 12.8. The van der Waals surface area contributed by atoms with Crippen molar-refractivity contribution in [2.24, 2.45) is 5.92 Å². The summed E-state index contributed by atoms with van der Waals surface area (Å²) in [7, 11) is 1.68. The van der Waals surface area contributed by atoms with Crippen molar-refractivity contribution in [2.45, 2.75) is 25.3 Å². The first-order valence-corrected chi connectivity index (χ1v) is 7.38. The van der Waals surface area contributed by atoms with Crippen LogP contribution in [0.1, 0.15) is 30.9 Å². The number of carbonyl (C=O) groups is 3.